The number of nitrogens with one attached hydrogen (secondary N) is 1. The van der Waals surface area contributed by atoms with Gasteiger partial charge in [0.2, 0.25) is 0 Å². The van der Waals surface area contributed by atoms with Crippen LogP contribution in [0.15, 0.2) is 24.3 Å². The predicted molar refractivity (Wildman–Crippen MR) is 93.6 cm³/mol. The molecule has 4 heteroatoms. The highest BCUT2D eigenvalue weighted by Crippen LogP contribution is 2.30. The number of hydrogen-bond donors (Lipinski definition) is 1. The molecule has 23 heavy (non-hydrogen) atoms. The van der Waals surface area contributed by atoms with Crippen LogP contribution >= 0.6 is 0 Å². The van der Waals surface area contributed by atoms with Gasteiger partial charge in [-0.15, -0.1) is 0 Å². The van der Waals surface area contributed by atoms with E-state index in [4.69, 9.17) is 4.74 Å². The van der Waals surface area contributed by atoms with Crippen molar-refractivity contribution in [2.75, 3.05) is 19.6 Å². The molecule has 1 aliphatic rings. The Bertz CT molecular complexity index is 522. The summed E-state index contributed by atoms with van der Waals surface area (Å²) in [7, 11) is 0. The molecule has 1 aliphatic carbocycles. The van der Waals surface area contributed by atoms with E-state index in [1.165, 1.54) is 11.1 Å². The second kappa shape index (κ2) is 7.82. The van der Waals surface area contributed by atoms with Crippen LogP contribution in [0.4, 0.5) is 4.79 Å². The first-order chi connectivity index (χ1) is 10.9. The van der Waals surface area contributed by atoms with Crippen LogP contribution < -0.4 is 5.32 Å². The average molecular weight is 318 g/mol. The Morgan fingerprint density at radius 1 is 1.30 bits per heavy atom. The fraction of sp³-hybridized carbons (Fsp3) is 0.632. The number of fused-ring (bicyclic) bond motifs is 1. The monoisotopic (exact) mass is 318 g/mol. The van der Waals surface area contributed by atoms with Crippen LogP contribution in [0.25, 0.3) is 0 Å². The lowest BCUT2D eigenvalue weighted by atomic mass is 10.1. The van der Waals surface area contributed by atoms with Crippen molar-refractivity contribution >= 4 is 6.09 Å². The molecule has 0 aromatic heterocycles. The van der Waals surface area contributed by atoms with Gasteiger partial charge in [-0.05, 0) is 51.2 Å². The van der Waals surface area contributed by atoms with Crippen LogP contribution in [0.1, 0.15) is 57.7 Å². The first-order valence-corrected chi connectivity index (χ1v) is 8.70. The molecule has 1 amide bonds. The van der Waals surface area contributed by atoms with Crippen LogP contribution in [0.5, 0.6) is 0 Å². The molecule has 0 aliphatic heterocycles. The van der Waals surface area contributed by atoms with Crippen LogP contribution in [-0.4, -0.2) is 36.2 Å². The maximum Gasteiger partial charge on any atom is 0.410 e. The second-order valence-electron chi connectivity index (χ2n) is 7.21. The molecule has 1 aromatic rings. The zero-order valence-electron chi connectivity index (χ0n) is 14.9. The number of aryl methyl sites for hydroxylation is 1. The molecule has 4 nitrogen and oxygen atoms in total. The molecule has 0 spiro atoms. The van der Waals surface area contributed by atoms with E-state index in [9.17, 15) is 4.79 Å². The minimum absolute atomic E-state index is 0.215. The average Bonchev–Trinajstić information content (AvgIpc) is 2.88. The Kier molecular flexibility index (Phi) is 6.05. The van der Waals surface area contributed by atoms with Gasteiger partial charge in [0.1, 0.15) is 5.60 Å². The summed E-state index contributed by atoms with van der Waals surface area (Å²) >= 11 is 0. The van der Waals surface area contributed by atoms with E-state index in [1.54, 1.807) is 4.90 Å². The van der Waals surface area contributed by atoms with Crippen LogP contribution in [0.2, 0.25) is 0 Å². The molecule has 0 fully saturated rings. The highest BCUT2D eigenvalue weighted by atomic mass is 16.6. The smallest absolute Gasteiger partial charge is 0.410 e. The molecular formula is C19H30N2O2. The second-order valence-corrected chi connectivity index (χ2v) is 7.21. The van der Waals surface area contributed by atoms with Crippen LogP contribution in [0.3, 0.4) is 0 Å². The van der Waals surface area contributed by atoms with E-state index in [-0.39, 0.29) is 6.09 Å². The number of rotatable bonds is 6. The number of benzene rings is 1. The van der Waals surface area contributed by atoms with E-state index in [2.05, 4.69) is 36.5 Å². The largest absolute Gasteiger partial charge is 0.444 e. The van der Waals surface area contributed by atoms with Gasteiger partial charge in [0.25, 0.3) is 0 Å². The first kappa shape index (κ1) is 17.8. The molecule has 1 atom stereocenters. The summed E-state index contributed by atoms with van der Waals surface area (Å²) in [5.74, 6) is 0. The molecular weight excluding hydrogens is 288 g/mol. The van der Waals surface area contributed by atoms with E-state index >= 15 is 0 Å². The standard InChI is InChI=1S/C19H30N2O2/c1-5-13-21(18(22)23-19(2,3)4)14-12-20-17-11-10-15-8-6-7-9-16(15)17/h6-9,17,20H,5,10-14H2,1-4H3. The Balaban J connectivity index is 1.84. The Hall–Kier alpha value is -1.55. The summed E-state index contributed by atoms with van der Waals surface area (Å²) in [6.45, 7) is 10.0. The van der Waals surface area contributed by atoms with Gasteiger partial charge in [-0.3, -0.25) is 0 Å². The Labute approximate surface area is 140 Å². The molecule has 128 valence electrons. The molecule has 0 radical (unpaired) electrons. The fourth-order valence-electron chi connectivity index (χ4n) is 3.03. The highest BCUT2D eigenvalue weighted by Gasteiger charge is 2.23. The summed E-state index contributed by atoms with van der Waals surface area (Å²) in [5, 5.41) is 3.59. The van der Waals surface area contributed by atoms with Gasteiger partial charge < -0.3 is 15.0 Å². The van der Waals surface area contributed by atoms with E-state index in [0.717, 1.165) is 32.4 Å². The van der Waals surface area contributed by atoms with Gasteiger partial charge in [-0.25, -0.2) is 4.79 Å². The lowest BCUT2D eigenvalue weighted by molar-refractivity contribution is 0.0250. The zero-order valence-corrected chi connectivity index (χ0v) is 14.9. The predicted octanol–water partition coefficient (Wildman–Crippen LogP) is 3.91. The normalized spacial score (nSPS) is 17.0. The van der Waals surface area contributed by atoms with Crippen molar-refractivity contribution < 1.29 is 9.53 Å². The molecule has 1 aromatic carbocycles. The van der Waals surface area contributed by atoms with Crippen LogP contribution in [-0.2, 0) is 11.2 Å². The first-order valence-electron chi connectivity index (χ1n) is 8.70. The van der Waals surface area contributed by atoms with Gasteiger partial charge in [-0.2, -0.15) is 0 Å². The summed E-state index contributed by atoms with van der Waals surface area (Å²) in [6, 6.07) is 9.03. The zero-order chi connectivity index (χ0) is 16.9. The van der Waals surface area contributed by atoms with Crippen molar-refractivity contribution in [3.8, 4) is 0 Å². The molecule has 1 unspecified atom stereocenters. The number of ether oxygens (including phenoxy) is 1. The quantitative estimate of drug-likeness (QED) is 0.864. The molecule has 0 heterocycles. The molecule has 0 saturated carbocycles. The van der Waals surface area contributed by atoms with Crippen LogP contribution in [0, 0.1) is 0 Å². The summed E-state index contributed by atoms with van der Waals surface area (Å²) in [5.41, 5.74) is 2.41. The minimum Gasteiger partial charge on any atom is -0.444 e. The maximum absolute atomic E-state index is 12.3. The van der Waals surface area contributed by atoms with Crippen molar-refractivity contribution in [2.45, 2.75) is 58.6 Å². The summed E-state index contributed by atoms with van der Waals surface area (Å²) < 4.78 is 5.49. The number of carbonyl (C=O) groups is 1. The van der Waals surface area contributed by atoms with E-state index in [0.29, 0.717) is 12.6 Å². The van der Waals surface area contributed by atoms with Gasteiger partial charge in [-0.1, -0.05) is 31.2 Å². The van der Waals surface area contributed by atoms with Crippen molar-refractivity contribution in [1.82, 2.24) is 10.2 Å². The Morgan fingerprint density at radius 2 is 2.04 bits per heavy atom. The highest BCUT2D eigenvalue weighted by molar-refractivity contribution is 5.68. The van der Waals surface area contributed by atoms with E-state index in [1.807, 2.05) is 20.8 Å². The third-order valence-electron chi connectivity index (χ3n) is 4.05. The van der Waals surface area contributed by atoms with Crippen molar-refractivity contribution in [2.24, 2.45) is 0 Å². The molecule has 0 saturated heterocycles. The van der Waals surface area contributed by atoms with Gasteiger partial charge in [0, 0.05) is 25.7 Å². The summed E-state index contributed by atoms with van der Waals surface area (Å²) in [4.78, 5) is 14.1. The fourth-order valence-corrected chi connectivity index (χ4v) is 3.03. The topological polar surface area (TPSA) is 41.6 Å². The number of hydrogen-bond acceptors (Lipinski definition) is 3. The van der Waals surface area contributed by atoms with Crippen molar-refractivity contribution in [1.29, 1.82) is 0 Å². The van der Waals surface area contributed by atoms with Gasteiger partial charge >= 0.3 is 6.09 Å². The minimum atomic E-state index is -0.444. The Morgan fingerprint density at radius 3 is 2.74 bits per heavy atom. The van der Waals surface area contributed by atoms with Gasteiger partial charge in [0.15, 0.2) is 0 Å². The van der Waals surface area contributed by atoms with E-state index < -0.39 is 5.60 Å². The SMILES string of the molecule is CCCN(CCNC1CCc2ccccc21)C(=O)OC(C)(C)C. The molecule has 2 rings (SSSR count). The third kappa shape index (κ3) is 5.24. The van der Waals surface area contributed by atoms with Gasteiger partial charge in [0.05, 0.1) is 0 Å². The number of amides is 1. The number of carbonyl (C=O) groups excluding carboxylic acids is 1. The molecule has 1 N–H and O–H groups in total. The van der Waals surface area contributed by atoms with Crippen molar-refractivity contribution in [3.63, 3.8) is 0 Å². The molecule has 0 bridgehead atoms. The summed E-state index contributed by atoms with van der Waals surface area (Å²) in [6.07, 6.45) is 3.00. The maximum atomic E-state index is 12.3. The van der Waals surface area contributed by atoms with Crippen molar-refractivity contribution in [3.05, 3.63) is 35.4 Å². The third-order valence-corrected chi connectivity index (χ3v) is 4.05. The number of nitrogens with zero attached hydrogens (tertiary/aromatic N) is 1. The lowest BCUT2D eigenvalue weighted by Gasteiger charge is -2.27. The lowest BCUT2D eigenvalue weighted by Crippen LogP contribution is -2.41.